The molecule has 3 aromatic rings. The van der Waals surface area contributed by atoms with Crippen molar-refractivity contribution in [3.8, 4) is 0 Å². The lowest BCUT2D eigenvalue weighted by Gasteiger charge is -2.35. The van der Waals surface area contributed by atoms with Crippen molar-refractivity contribution in [3.05, 3.63) is 65.2 Å². The number of para-hydroxylation sites is 1. The minimum Gasteiger partial charge on any atom is -0.330 e. The summed E-state index contributed by atoms with van der Waals surface area (Å²) in [5.74, 6) is 0. The first-order chi connectivity index (χ1) is 14.6. The van der Waals surface area contributed by atoms with Crippen molar-refractivity contribution in [2.75, 3.05) is 46.8 Å². The Balaban J connectivity index is 1.42. The van der Waals surface area contributed by atoms with Crippen molar-refractivity contribution < 1.29 is 4.79 Å². The van der Waals surface area contributed by atoms with Gasteiger partial charge in [-0.25, -0.2) is 9.78 Å². The van der Waals surface area contributed by atoms with Crippen LogP contribution in [0.15, 0.2) is 54.6 Å². The zero-order valence-electron chi connectivity index (χ0n) is 17.6. The molecule has 0 radical (unpaired) electrons. The quantitative estimate of drug-likeness (QED) is 0.660. The number of likely N-dealkylation sites (N-methyl/N-ethyl adjacent to an activating group) is 1. The Morgan fingerprint density at radius 2 is 1.80 bits per heavy atom. The minimum absolute atomic E-state index is 0.0417. The molecule has 1 aromatic heterocycles. The Labute approximate surface area is 182 Å². The monoisotopic (exact) mass is 423 g/mol. The smallest absolute Gasteiger partial charge is 0.318 e. The fraction of sp³-hybridized carbons (Fsp3) is 0.391. The van der Waals surface area contributed by atoms with E-state index in [0.29, 0.717) is 6.54 Å². The van der Waals surface area contributed by atoms with Gasteiger partial charge in [0.05, 0.1) is 22.8 Å². The zero-order valence-corrected chi connectivity index (χ0v) is 18.4. The molecule has 30 heavy (non-hydrogen) atoms. The highest BCUT2D eigenvalue weighted by Gasteiger charge is 2.22. The number of hydrogen-bond acceptors (Lipinski definition) is 5. The van der Waals surface area contributed by atoms with Crippen LogP contribution in [0.4, 0.5) is 4.79 Å². The number of aromatic nitrogens is 1. The van der Waals surface area contributed by atoms with Gasteiger partial charge in [0.2, 0.25) is 0 Å². The molecular weight excluding hydrogens is 394 g/mol. The number of fused-ring (bicyclic) bond motifs is 1. The summed E-state index contributed by atoms with van der Waals surface area (Å²) < 4.78 is 1.15. The number of amides is 2. The van der Waals surface area contributed by atoms with Gasteiger partial charge in [0.15, 0.2) is 0 Å². The summed E-state index contributed by atoms with van der Waals surface area (Å²) >= 11 is 1.64. The average Bonchev–Trinajstić information content (AvgIpc) is 3.17. The molecule has 1 fully saturated rings. The number of benzene rings is 2. The average molecular weight is 424 g/mol. The van der Waals surface area contributed by atoms with Gasteiger partial charge in [0, 0.05) is 39.8 Å². The van der Waals surface area contributed by atoms with Crippen molar-refractivity contribution in [2.45, 2.75) is 12.6 Å². The highest BCUT2D eigenvalue weighted by Crippen LogP contribution is 2.23. The fourth-order valence-electron chi connectivity index (χ4n) is 3.73. The van der Waals surface area contributed by atoms with Gasteiger partial charge < -0.3 is 15.1 Å². The van der Waals surface area contributed by atoms with Crippen molar-refractivity contribution in [2.24, 2.45) is 0 Å². The van der Waals surface area contributed by atoms with E-state index in [1.165, 1.54) is 0 Å². The van der Waals surface area contributed by atoms with E-state index in [0.717, 1.165) is 53.5 Å². The van der Waals surface area contributed by atoms with E-state index in [1.54, 1.807) is 16.2 Å². The maximum Gasteiger partial charge on any atom is 0.318 e. The maximum atomic E-state index is 13.0. The van der Waals surface area contributed by atoms with Gasteiger partial charge in [0.25, 0.3) is 0 Å². The Morgan fingerprint density at radius 3 is 2.53 bits per heavy atom. The number of nitrogens with one attached hydrogen (secondary N) is 1. The van der Waals surface area contributed by atoms with Gasteiger partial charge in [-0.1, -0.05) is 42.5 Å². The SMILES string of the molecule is CN1CCN(CC(NC(=O)N(C)Cc2nc3ccccc3s2)c2ccccc2)CC1. The predicted octanol–water partition coefficient (Wildman–Crippen LogP) is 3.43. The highest BCUT2D eigenvalue weighted by atomic mass is 32.1. The Bertz CT molecular complexity index is 935. The molecule has 0 spiro atoms. The summed E-state index contributed by atoms with van der Waals surface area (Å²) in [5, 5.41) is 4.20. The van der Waals surface area contributed by atoms with E-state index in [1.807, 2.05) is 43.4 Å². The second-order valence-corrected chi connectivity index (χ2v) is 9.06. The first kappa shape index (κ1) is 20.8. The Hall–Kier alpha value is -2.48. The second-order valence-electron chi connectivity index (χ2n) is 7.95. The molecule has 0 saturated carbocycles. The van der Waals surface area contributed by atoms with Crippen LogP contribution >= 0.6 is 11.3 Å². The molecule has 0 aliphatic carbocycles. The summed E-state index contributed by atoms with van der Waals surface area (Å²) in [7, 11) is 3.99. The number of hydrogen-bond donors (Lipinski definition) is 1. The van der Waals surface area contributed by atoms with Gasteiger partial charge >= 0.3 is 6.03 Å². The van der Waals surface area contributed by atoms with Crippen LogP contribution in [0.25, 0.3) is 10.2 Å². The topological polar surface area (TPSA) is 51.7 Å². The first-order valence-electron chi connectivity index (χ1n) is 10.4. The molecule has 2 amide bonds. The van der Waals surface area contributed by atoms with Crippen molar-refractivity contribution in [1.29, 1.82) is 0 Å². The van der Waals surface area contributed by atoms with Crippen LogP contribution in [0.2, 0.25) is 0 Å². The van der Waals surface area contributed by atoms with Gasteiger partial charge in [0.1, 0.15) is 5.01 Å². The fourth-order valence-corrected chi connectivity index (χ4v) is 4.75. The summed E-state index contributed by atoms with van der Waals surface area (Å²) in [4.78, 5) is 24.2. The number of urea groups is 1. The molecule has 4 rings (SSSR count). The number of rotatable bonds is 6. The third-order valence-corrected chi connectivity index (χ3v) is 6.61. The van der Waals surface area contributed by atoms with Crippen LogP contribution in [-0.4, -0.2) is 72.5 Å². The summed E-state index contributed by atoms with van der Waals surface area (Å²) in [6.45, 7) is 5.49. The molecule has 6 nitrogen and oxygen atoms in total. The van der Waals surface area contributed by atoms with Gasteiger partial charge in [-0.3, -0.25) is 4.90 Å². The van der Waals surface area contributed by atoms with E-state index in [-0.39, 0.29) is 12.1 Å². The number of thiazole rings is 1. The van der Waals surface area contributed by atoms with Crippen molar-refractivity contribution in [3.63, 3.8) is 0 Å². The normalized spacial score (nSPS) is 16.5. The molecule has 1 aliphatic heterocycles. The van der Waals surface area contributed by atoms with E-state index in [9.17, 15) is 4.79 Å². The Kier molecular flexibility index (Phi) is 6.62. The molecular formula is C23H29N5OS. The molecule has 2 heterocycles. The molecule has 1 aliphatic rings. The van der Waals surface area contributed by atoms with Crippen molar-refractivity contribution in [1.82, 2.24) is 25.0 Å². The van der Waals surface area contributed by atoms with Gasteiger partial charge in [-0.15, -0.1) is 11.3 Å². The van der Waals surface area contributed by atoms with E-state index < -0.39 is 0 Å². The second kappa shape index (κ2) is 9.55. The molecule has 7 heteroatoms. The minimum atomic E-state index is -0.0720. The van der Waals surface area contributed by atoms with Crippen LogP contribution in [0.3, 0.4) is 0 Å². The molecule has 1 atom stereocenters. The lowest BCUT2D eigenvalue weighted by molar-refractivity contribution is 0.140. The first-order valence-corrected chi connectivity index (χ1v) is 11.2. The van der Waals surface area contributed by atoms with Gasteiger partial charge in [-0.2, -0.15) is 0 Å². The summed E-state index contributed by atoms with van der Waals surface area (Å²) in [5.41, 5.74) is 2.13. The van der Waals surface area contributed by atoms with Crippen LogP contribution in [0.1, 0.15) is 16.6 Å². The molecule has 158 valence electrons. The summed E-state index contributed by atoms with van der Waals surface area (Å²) in [6, 6.07) is 18.2. The molecule has 2 aromatic carbocycles. The number of piperazine rings is 1. The largest absolute Gasteiger partial charge is 0.330 e. The Morgan fingerprint density at radius 1 is 1.10 bits per heavy atom. The van der Waals surface area contributed by atoms with Gasteiger partial charge in [-0.05, 0) is 24.7 Å². The van der Waals surface area contributed by atoms with Crippen LogP contribution < -0.4 is 5.32 Å². The number of carbonyl (C=O) groups excluding carboxylic acids is 1. The molecule has 1 N–H and O–H groups in total. The van der Waals surface area contributed by atoms with E-state index in [2.05, 4.69) is 45.3 Å². The van der Waals surface area contributed by atoms with Crippen molar-refractivity contribution >= 4 is 27.6 Å². The van der Waals surface area contributed by atoms with Crippen LogP contribution in [0, 0.1) is 0 Å². The molecule has 1 saturated heterocycles. The number of nitrogens with zero attached hydrogens (tertiary/aromatic N) is 4. The van der Waals surface area contributed by atoms with Crippen LogP contribution in [0.5, 0.6) is 0 Å². The lowest BCUT2D eigenvalue weighted by Crippen LogP contribution is -2.49. The third kappa shape index (κ3) is 5.16. The number of carbonyl (C=O) groups is 1. The highest BCUT2D eigenvalue weighted by molar-refractivity contribution is 7.18. The third-order valence-electron chi connectivity index (χ3n) is 5.59. The maximum absolute atomic E-state index is 13.0. The van der Waals surface area contributed by atoms with E-state index >= 15 is 0 Å². The van der Waals surface area contributed by atoms with Crippen LogP contribution in [-0.2, 0) is 6.54 Å². The summed E-state index contributed by atoms with van der Waals surface area (Å²) in [6.07, 6.45) is 0. The molecule has 0 bridgehead atoms. The molecule has 1 unspecified atom stereocenters. The standard InChI is InChI=1S/C23H29N5OS/c1-26-12-14-28(15-13-26)16-20(18-8-4-3-5-9-18)25-23(29)27(2)17-22-24-19-10-6-7-11-21(19)30-22/h3-11,20H,12-17H2,1-2H3,(H,25,29). The lowest BCUT2D eigenvalue weighted by atomic mass is 10.1. The van der Waals surface area contributed by atoms with E-state index in [4.69, 9.17) is 0 Å². The predicted molar refractivity (Wildman–Crippen MR) is 123 cm³/mol. The zero-order chi connectivity index (χ0) is 20.9.